The van der Waals surface area contributed by atoms with Crippen LogP contribution in [0.25, 0.3) is 16.6 Å². The van der Waals surface area contributed by atoms with Gasteiger partial charge in [-0.05, 0) is 74.9 Å². The molecule has 0 unspecified atom stereocenters. The van der Waals surface area contributed by atoms with Crippen molar-refractivity contribution in [3.8, 4) is 5.75 Å². The van der Waals surface area contributed by atoms with E-state index in [-0.39, 0.29) is 5.92 Å². The molecular weight excluding hydrogens is 450 g/mol. The molecule has 3 aromatic rings. The molecule has 0 aliphatic heterocycles. The van der Waals surface area contributed by atoms with Crippen LogP contribution in [0.3, 0.4) is 0 Å². The summed E-state index contributed by atoms with van der Waals surface area (Å²) in [6.07, 6.45) is 8.29. The number of aromatic nitrogens is 2. The number of allylic oxidation sites excluding steroid dienone is 1. The summed E-state index contributed by atoms with van der Waals surface area (Å²) in [7, 11) is 3.84. The predicted molar refractivity (Wildman–Crippen MR) is 144 cm³/mol. The van der Waals surface area contributed by atoms with Gasteiger partial charge in [-0.2, -0.15) is 0 Å². The molecule has 192 valence electrons. The fourth-order valence-electron chi connectivity index (χ4n) is 5.98. The number of aliphatic hydroxyl groups is 1. The number of benzene rings is 2. The van der Waals surface area contributed by atoms with Crippen LogP contribution in [0.1, 0.15) is 43.5 Å². The number of hydrogen-bond acceptors (Lipinski definition) is 5. The van der Waals surface area contributed by atoms with Gasteiger partial charge in [0.15, 0.2) is 0 Å². The Morgan fingerprint density at radius 1 is 1.08 bits per heavy atom. The van der Waals surface area contributed by atoms with E-state index in [0.717, 1.165) is 67.8 Å². The van der Waals surface area contributed by atoms with Crippen molar-refractivity contribution in [1.29, 1.82) is 0 Å². The van der Waals surface area contributed by atoms with E-state index in [0.29, 0.717) is 19.1 Å². The molecule has 2 bridgehead atoms. The minimum atomic E-state index is -0.576. The van der Waals surface area contributed by atoms with Crippen molar-refractivity contribution in [3.05, 3.63) is 66.0 Å². The molecule has 6 heteroatoms. The Bertz CT molecular complexity index is 1170. The van der Waals surface area contributed by atoms with Gasteiger partial charge in [-0.15, -0.1) is 0 Å². The quantitative estimate of drug-likeness (QED) is 0.347. The van der Waals surface area contributed by atoms with Crippen LogP contribution in [0.2, 0.25) is 0 Å². The van der Waals surface area contributed by atoms with Crippen LogP contribution in [-0.4, -0.2) is 66.0 Å². The highest BCUT2D eigenvalue weighted by atomic mass is 16.5. The highest BCUT2D eigenvalue weighted by Gasteiger charge is 2.46. The Morgan fingerprint density at radius 2 is 1.94 bits per heavy atom. The molecule has 36 heavy (non-hydrogen) atoms. The summed E-state index contributed by atoms with van der Waals surface area (Å²) in [6, 6.07) is 16.7. The van der Waals surface area contributed by atoms with Crippen molar-refractivity contribution < 1.29 is 14.6 Å². The summed E-state index contributed by atoms with van der Waals surface area (Å²) < 4.78 is 10.9. The van der Waals surface area contributed by atoms with Gasteiger partial charge in [0.2, 0.25) is 0 Å². The fourth-order valence-corrected chi connectivity index (χ4v) is 5.98. The molecule has 1 heterocycles. The number of aromatic amines is 1. The maximum absolute atomic E-state index is 11.6. The Hall–Kier alpha value is -2.67. The zero-order chi connectivity index (χ0) is 25.0. The van der Waals surface area contributed by atoms with Crippen LogP contribution in [0, 0.1) is 11.8 Å². The van der Waals surface area contributed by atoms with Gasteiger partial charge in [0.1, 0.15) is 23.7 Å². The normalized spacial score (nSPS) is 23.4. The van der Waals surface area contributed by atoms with Gasteiger partial charge in [0, 0.05) is 26.0 Å². The summed E-state index contributed by atoms with van der Waals surface area (Å²) in [5, 5.41) is 11.6. The first-order valence-corrected chi connectivity index (χ1v) is 13.3. The van der Waals surface area contributed by atoms with E-state index in [4.69, 9.17) is 14.5 Å². The average Bonchev–Trinajstić information content (AvgIpc) is 3.32. The molecule has 6 rings (SSSR count). The van der Waals surface area contributed by atoms with E-state index in [1.807, 2.05) is 18.2 Å². The molecule has 1 saturated carbocycles. The third-order valence-electron chi connectivity index (χ3n) is 7.99. The number of fused-ring (bicyclic) bond motifs is 3. The summed E-state index contributed by atoms with van der Waals surface area (Å²) >= 11 is 0. The molecule has 0 amide bonds. The monoisotopic (exact) mass is 489 g/mol. The molecular formula is C30H39N3O3. The summed E-state index contributed by atoms with van der Waals surface area (Å²) in [5.41, 5.74) is 4.08. The van der Waals surface area contributed by atoms with E-state index < -0.39 is 5.60 Å². The van der Waals surface area contributed by atoms with Gasteiger partial charge in [0.25, 0.3) is 0 Å². The van der Waals surface area contributed by atoms with Crippen molar-refractivity contribution in [3.63, 3.8) is 0 Å². The van der Waals surface area contributed by atoms with Crippen molar-refractivity contribution >= 4 is 16.6 Å². The molecule has 1 fully saturated rings. The molecule has 2 N–H and O–H groups in total. The number of nitrogens with one attached hydrogen (secondary N) is 1. The van der Waals surface area contributed by atoms with Crippen LogP contribution in [-0.2, 0) is 11.2 Å². The second-order valence-corrected chi connectivity index (χ2v) is 10.5. The van der Waals surface area contributed by atoms with E-state index in [1.54, 1.807) is 7.11 Å². The number of nitrogens with zero attached hydrogens (tertiary/aromatic N) is 2. The van der Waals surface area contributed by atoms with E-state index in [1.165, 1.54) is 17.6 Å². The first-order valence-electron chi connectivity index (χ1n) is 13.3. The van der Waals surface area contributed by atoms with E-state index in [9.17, 15) is 5.11 Å². The zero-order valence-electron chi connectivity index (χ0n) is 21.6. The number of para-hydroxylation sites is 1. The number of ether oxygens (including phenoxy) is 2. The van der Waals surface area contributed by atoms with Crippen LogP contribution in [0.15, 0.2) is 54.6 Å². The van der Waals surface area contributed by atoms with Crippen molar-refractivity contribution in [2.24, 2.45) is 11.8 Å². The molecule has 3 aliphatic rings. The van der Waals surface area contributed by atoms with Gasteiger partial charge in [-0.25, -0.2) is 4.98 Å². The van der Waals surface area contributed by atoms with Crippen LogP contribution < -0.4 is 4.74 Å². The first kappa shape index (κ1) is 25.0. The summed E-state index contributed by atoms with van der Waals surface area (Å²) in [6.45, 7) is 2.95. The lowest BCUT2D eigenvalue weighted by Crippen LogP contribution is -2.48. The average molecular weight is 490 g/mol. The first-order chi connectivity index (χ1) is 17.6. The molecule has 6 nitrogen and oxygen atoms in total. The second kappa shape index (κ2) is 11.2. The Labute approximate surface area is 214 Å². The van der Waals surface area contributed by atoms with Crippen LogP contribution in [0.5, 0.6) is 5.75 Å². The topological polar surface area (TPSA) is 70.6 Å². The van der Waals surface area contributed by atoms with E-state index >= 15 is 0 Å². The van der Waals surface area contributed by atoms with Gasteiger partial charge in [-0.1, -0.05) is 42.5 Å². The van der Waals surface area contributed by atoms with Gasteiger partial charge >= 0.3 is 0 Å². The maximum atomic E-state index is 11.6. The van der Waals surface area contributed by atoms with Crippen LogP contribution >= 0.6 is 0 Å². The number of H-pyrrole nitrogens is 1. The third kappa shape index (κ3) is 5.51. The zero-order valence-corrected chi connectivity index (χ0v) is 21.6. The predicted octanol–water partition coefficient (Wildman–Crippen LogP) is 5.09. The van der Waals surface area contributed by atoms with Crippen molar-refractivity contribution in [2.45, 2.75) is 44.1 Å². The summed E-state index contributed by atoms with van der Waals surface area (Å²) in [5.74, 6) is 2.53. The standard InChI is InChI=1S/C30H39N3O3/c1-33(16-7-12-28-31-26-10-6-11-27(29(26)32-28)36-19-18-35-2)17-15-30(34)21-23-13-14-24(30)20-25(23)22-8-4-3-5-9-22/h3-6,8-11,20,23-24,34H,7,12-19,21H2,1-2H3,(H,31,32)/t23-,24+,30+/m1/s1. The number of imidazole rings is 1. The Balaban J connectivity index is 1.11. The molecule has 2 aromatic carbocycles. The lowest BCUT2D eigenvalue weighted by Gasteiger charge is -2.48. The Kier molecular flexibility index (Phi) is 7.75. The Morgan fingerprint density at radius 3 is 2.72 bits per heavy atom. The molecule has 0 saturated heterocycles. The fraction of sp³-hybridized carbons (Fsp3) is 0.500. The lowest BCUT2D eigenvalue weighted by atomic mass is 9.61. The molecule has 3 aliphatic carbocycles. The van der Waals surface area contributed by atoms with Gasteiger partial charge < -0.3 is 24.5 Å². The van der Waals surface area contributed by atoms with Gasteiger partial charge in [0.05, 0.1) is 17.7 Å². The minimum Gasteiger partial charge on any atom is -0.489 e. The number of hydrogen-bond donors (Lipinski definition) is 2. The third-order valence-corrected chi connectivity index (χ3v) is 7.99. The second-order valence-electron chi connectivity index (χ2n) is 10.5. The van der Waals surface area contributed by atoms with Crippen molar-refractivity contribution in [1.82, 2.24) is 14.9 Å². The number of aryl methyl sites for hydroxylation is 1. The van der Waals surface area contributed by atoms with Gasteiger partial charge in [-0.3, -0.25) is 0 Å². The highest BCUT2D eigenvalue weighted by molar-refractivity contribution is 5.81. The van der Waals surface area contributed by atoms with Crippen LogP contribution in [0.4, 0.5) is 0 Å². The molecule has 0 radical (unpaired) electrons. The summed E-state index contributed by atoms with van der Waals surface area (Å²) in [4.78, 5) is 10.6. The molecule has 3 atom stereocenters. The molecule has 0 spiro atoms. The smallest absolute Gasteiger partial charge is 0.147 e. The lowest BCUT2D eigenvalue weighted by molar-refractivity contribution is -0.0574. The van der Waals surface area contributed by atoms with Crippen molar-refractivity contribution in [2.75, 3.05) is 40.5 Å². The highest BCUT2D eigenvalue weighted by Crippen LogP contribution is 2.51. The molecule has 1 aromatic heterocycles. The minimum absolute atomic E-state index is 0.266. The number of rotatable bonds is 12. The SMILES string of the molecule is COCCOc1cccc2[nH]c(CCCN(C)CC[C@]3(O)C[C@H]4CC[C@H]3C=C4c3ccccc3)nc12. The maximum Gasteiger partial charge on any atom is 0.147 e. The largest absolute Gasteiger partial charge is 0.489 e. The number of methoxy groups -OCH3 is 1. The van der Waals surface area contributed by atoms with E-state index in [2.05, 4.69) is 53.3 Å².